The van der Waals surface area contributed by atoms with Gasteiger partial charge in [-0.05, 0) is 42.0 Å². The molecule has 0 N–H and O–H groups in total. The molecule has 0 aliphatic rings. The summed E-state index contributed by atoms with van der Waals surface area (Å²) in [5.41, 5.74) is 2.43. The number of fused-ring (bicyclic) bond motifs is 1. The molecule has 0 saturated heterocycles. The minimum absolute atomic E-state index is 0.145. The second kappa shape index (κ2) is 11.4. The molecule has 1 heterocycles. The lowest BCUT2D eigenvalue weighted by Crippen LogP contribution is -2.18. The molecule has 6 heteroatoms. The van der Waals surface area contributed by atoms with E-state index in [4.69, 9.17) is 9.47 Å². The first-order chi connectivity index (χ1) is 16.2. The number of esters is 1. The Bertz CT molecular complexity index is 1300. The van der Waals surface area contributed by atoms with Gasteiger partial charge in [0, 0.05) is 6.07 Å². The van der Waals surface area contributed by atoms with Gasteiger partial charge in [0.1, 0.15) is 25.3 Å². The highest BCUT2D eigenvalue weighted by Crippen LogP contribution is 2.19. The van der Waals surface area contributed by atoms with Crippen molar-refractivity contribution >= 4 is 16.9 Å². The average Bonchev–Trinajstić information content (AvgIpc) is 2.88. The minimum atomic E-state index is -0.411. The van der Waals surface area contributed by atoms with Gasteiger partial charge in [0.15, 0.2) is 0 Å². The number of para-hydroxylation sites is 1. The van der Waals surface area contributed by atoms with Gasteiger partial charge in [-0.15, -0.1) is 0 Å². The third kappa shape index (κ3) is 5.74. The molecule has 1 aromatic heterocycles. The normalized spacial score (nSPS) is 10.1. The molecule has 0 saturated carbocycles. The van der Waals surface area contributed by atoms with E-state index < -0.39 is 5.97 Å². The Morgan fingerprint density at radius 3 is 2.58 bits per heavy atom. The summed E-state index contributed by atoms with van der Waals surface area (Å²) in [6.07, 6.45) is 3.04. The van der Waals surface area contributed by atoms with Gasteiger partial charge in [-0.2, -0.15) is 0 Å². The SMILES string of the molecule is C=CCOC(=O)c1cccc(COc2ccc3c(=O)n(-c4ccccc4)cnc3c2)c1.CC. The van der Waals surface area contributed by atoms with Crippen LogP contribution in [0.1, 0.15) is 29.8 Å². The second-order valence-corrected chi connectivity index (χ2v) is 6.81. The highest BCUT2D eigenvalue weighted by Gasteiger charge is 2.09. The molecule has 0 unspecified atom stereocenters. The highest BCUT2D eigenvalue weighted by atomic mass is 16.5. The quantitative estimate of drug-likeness (QED) is 0.286. The van der Waals surface area contributed by atoms with Gasteiger partial charge in [-0.3, -0.25) is 9.36 Å². The van der Waals surface area contributed by atoms with E-state index >= 15 is 0 Å². The third-order valence-electron chi connectivity index (χ3n) is 4.67. The summed E-state index contributed by atoms with van der Waals surface area (Å²) in [6.45, 7) is 7.95. The van der Waals surface area contributed by atoms with E-state index in [2.05, 4.69) is 11.6 Å². The zero-order chi connectivity index (χ0) is 23.6. The van der Waals surface area contributed by atoms with Gasteiger partial charge >= 0.3 is 5.97 Å². The molecule has 4 rings (SSSR count). The number of rotatable bonds is 7. The Balaban J connectivity index is 0.00000149. The number of ether oxygens (including phenoxy) is 2. The van der Waals surface area contributed by atoms with Gasteiger partial charge in [0.25, 0.3) is 5.56 Å². The molecule has 3 aromatic carbocycles. The molecule has 0 fully saturated rings. The molecule has 0 atom stereocenters. The summed E-state index contributed by atoms with van der Waals surface area (Å²) in [5.74, 6) is 0.169. The van der Waals surface area contributed by atoms with E-state index in [1.54, 1.807) is 36.4 Å². The predicted molar refractivity (Wildman–Crippen MR) is 130 cm³/mol. The first kappa shape index (κ1) is 23.5. The first-order valence-corrected chi connectivity index (χ1v) is 10.7. The highest BCUT2D eigenvalue weighted by molar-refractivity contribution is 5.89. The van der Waals surface area contributed by atoms with E-state index in [-0.39, 0.29) is 18.8 Å². The summed E-state index contributed by atoms with van der Waals surface area (Å²) < 4.78 is 12.4. The minimum Gasteiger partial charge on any atom is -0.489 e. The van der Waals surface area contributed by atoms with Crippen LogP contribution in [-0.4, -0.2) is 22.1 Å². The zero-order valence-electron chi connectivity index (χ0n) is 18.7. The Hall–Kier alpha value is -4.19. The van der Waals surface area contributed by atoms with E-state index in [1.807, 2.05) is 50.2 Å². The van der Waals surface area contributed by atoms with Crippen LogP contribution < -0.4 is 10.3 Å². The van der Waals surface area contributed by atoms with E-state index in [1.165, 1.54) is 17.0 Å². The van der Waals surface area contributed by atoms with Crippen molar-refractivity contribution in [3.05, 3.63) is 113 Å². The van der Waals surface area contributed by atoms with Crippen LogP contribution in [0.3, 0.4) is 0 Å². The predicted octanol–water partition coefficient (Wildman–Crippen LogP) is 5.33. The molecule has 0 amide bonds. The second-order valence-electron chi connectivity index (χ2n) is 6.81. The Morgan fingerprint density at radius 2 is 1.82 bits per heavy atom. The van der Waals surface area contributed by atoms with Crippen molar-refractivity contribution in [2.24, 2.45) is 0 Å². The maximum atomic E-state index is 12.8. The number of hydrogen-bond acceptors (Lipinski definition) is 5. The molecule has 0 radical (unpaired) electrons. The van der Waals surface area contributed by atoms with Crippen LogP contribution in [-0.2, 0) is 11.3 Å². The summed E-state index contributed by atoms with van der Waals surface area (Å²) in [6, 6.07) is 21.6. The van der Waals surface area contributed by atoms with E-state index in [9.17, 15) is 9.59 Å². The van der Waals surface area contributed by atoms with Crippen molar-refractivity contribution in [1.82, 2.24) is 9.55 Å². The van der Waals surface area contributed by atoms with Crippen LogP contribution in [0.2, 0.25) is 0 Å². The van der Waals surface area contributed by atoms with Crippen LogP contribution in [0.4, 0.5) is 0 Å². The Labute approximate surface area is 192 Å². The standard InChI is InChI=1S/C25H20N2O4.C2H6/c1-2-13-30-25(29)19-8-6-7-18(14-19)16-31-21-11-12-22-23(15-21)26-17-27(24(22)28)20-9-4-3-5-10-20;1-2/h2-12,14-15,17H,1,13,16H2;1-2H3. The number of hydrogen-bond donors (Lipinski definition) is 0. The summed E-state index contributed by atoms with van der Waals surface area (Å²) in [7, 11) is 0. The fourth-order valence-corrected chi connectivity index (χ4v) is 3.14. The fraction of sp³-hybridized carbons (Fsp3) is 0.148. The van der Waals surface area contributed by atoms with E-state index in [0.29, 0.717) is 22.2 Å². The maximum absolute atomic E-state index is 12.8. The van der Waals surface area contributed by atoms with Crippen molar-refractivity contribution in [2.45, 2.75) is 20.5 Å². The van der Waals surface area contributed by atoms with Crippen molar-refractivity contribution in [3.63, 3.8) is 0 Å². The van der Waals surface area contributed by atoms with Crippen LogP contribution in [0.15, 0.2) is 96.6 Å². The fourth-order valence-electron chi connectivity index (χ4n) is 3.14. The molecule has 33 heavy (non-hydrogen) atoms. The van der Waals surface area contributed by atoms with Crippen LogP contribution >= 0.6 is 0 Å². The smallest absolute Gasteiger partial charge is 0.338 e. The molecule has 168 valence electrons. The lowest BCUT2D eigenvalue weighted by molar-refractivity contribution is 0.0549. The van der Waals surface area contributed by atoms with Gasteiger partial charge in [-0.1, -0.05) is 56.8 Å². The topological polar surface area (TPSA) is 70.4 Å². The van der Waals surface area contributed by atoms with Crippen molar-refractivity contribution < 1.29 is 14.3 Å². The maximum Gasteiger partial charge on any atom is 0.338 e. The van der Waals surface area contributed by atoms with E-state index in [0.717, 1.165) is 11.3 Å². The molecule has 4 aromatic rings. The van der Waals surface area contributed by atoms with Crippen molar-refractivity contribution in [1.29, 1.82) is 0 Å². The average molecular weight is 443 g/mol. The van der Waals surface area contributed by atoms with Crippen LogP contribution in [0.5, 0.6) is 5.75 Å². The molecule has 0 aliphatic heterocycles. The number of nitrogens with zero attached hydrogens (tertiary/aromatic N) is 2. The summed E-state index contributed by atoms with van der Waals surface area (Å²) in [4.78, 5) is 29.2. The Morgan fingerprint density at radius 1 is 1.03 bits per heavy atom. The third-order valence-corrected chi connectivity index (χ3v) is 4.67. The van der Waals surface area contributed by atoms with Gasteiger partial charge in [0.05, 0.1) is 22.2 Å². The van der Waals surface area contributed by atoms with Gasteiger partial charge in [0.2, 0.25) is 0 Å². The monoisotopic (exact) mass is 442 g/mol. The molecule has 6 nitrogen and oxygen atoms in total. The number of carbonyl (C=O) groups excluding carboxylic acids is 1. The van der Waals surface area contributed by atoms with Crippen molar-refractivity contribution in [2.75, 3.05) is 6.61 Å². The molecule has 0 spiro atoms. The van der Waals surface area contributed by atoms with Gasteiger partial charge in [-0.25, -0.2) is 9.78 Å². The lowest BCUT2D eigenvalue weighted by Gasteiger charge is -2.10. The lowest BCUT2D eigenvalue weighted by atomic mass is 10.1. The van der Waals surface area contributed by atoms with Gasteiger partial charge < -0.3 is 9.47 Å². The largest absolute Gasteiger partial charge is 0.489 e. The molecular weight excluding hydrogens is 416 g/mol. The zero-order valence-corrected chi connectivity index (χ0v) is 18.7. The first-order valence-electron chi connectivity index (χ1n) is 10.7. The molecular formula is C27H26N2O4. The Kier molecular flexibility index (Phi) is 8.13. The number of aromatic nitrogens is 2. The van der Waals surface area contributed by atoms with Crippen molar-refractivity contribution in [3.8, 4) is 11.4 Å². The summed E-state index contributed by atoms with van der Waals surface area (Å²) in [5, 5.41) is 0.505. The molecule has 0 aliphatic carbocycles. The summed E-state index contributed by atoms with van der Waals surface area (Å²) >= 11 is 0. The number of benzene rings is 3. The van der Waals surface area contributed by atoms with Crippen LogP contribution in [0.25, 0.3) is 16.6 Å². The molecule has 0 bridgehead atoms. The number of carbonyl (C=O) groups is 1. The van der Waals surface area contributed by atoms with Crippen LogP contribution in [0, 0.1) is 0 Å².